The number of nitrogens with one attached hydrogen (secondary N) is 1. The van der Waals surface area contributed by atoms with Gasteiger partial charge in [-0.3, -0.25) is 9.69 Å². The third-order valence-electron chi connectivity index (χ3n) is 5.25. The van der Waals surface area contributed by atoms with Crippen molar-refractivity contribution < 1.29 is 9.53 Å². The van der Waals surface area contributed by atoms with Gasteiger partial charge in [-0.05, 0) is 61.6 Å². The summed E-state index contributed by atoms with van der Waals surface area (Å²) >= 11 is 12.7. The maximum atomic E-state index is 13.3. The first kappa shape index (κ1) is 19.7. The molecule has 1 amide bonds. The van der Waals surface area contributed by atoms with Crippen LogP contribution in [0.4, 0.5) is 5.69 Å². The van der Waals surface area contributed by atoms with Gasteiger partial charge in [-0.1, -0.05) is 31.9 Å². The molecular weight excluding hydrogens is 506 g/mol. The van der Waals surface area contributed by atoms with Crippen molar-refractivity contribution in [2.45, 2.75) is 18.7 Å². The van der Waals surface area contributed by atoms with Crippen molar-refractivity contribution in [1.82, 2.24) is 10.2 Å². The number of carbonyl (C=O) groups is 1. The fraction of sp³-hybridized carbons (Fsp3) is 0.300. The fourth-order valence-electron chi connectivity index (χ4n) is 3.99. The van der Waals surface area contributed by atoms with E-state index in [0.717, 1.165) is 25.9 Å². The van der Waals surface area contributed by atoms with Gasteiger partial charge in [-0.2, -0.15) is 0 Å². The minimum Gasteiger partial charge on any atom is -0.467 e. The maximum Gasteiger partial charge on any atom is 0.233 e. The normalized spacial score (nSPS) is 25.5. The monoisotopic (exact) mass is 523 g/mol. The molecule has 2 heterocycles. The molecule has 0 saturated carbocycles. The Balaban J connectivity index is 1.91. The molecule has 1 fully saturated rings. The maximum absolute atomic E-state index is 13.3. The first-order chi connectivity index (χ1) is 13.2. The topological polar surface area (TPSA) is 44.8 Å². The Labute approximate surface area is 186 Å². The molecule has 2 aliphatic rings. The molecule has 0 spiro atoms. The molecule has 0 aliphatic carbocycles. The molecule has 2 aromatic rings. The molecule has 1 saturated heterocycles. The lowest BCUT2D eigenvalue weighted by Gasteiger charge is -2.56. The van der Waals surface area contributed by atoms with E-state index >= 15 is 0 Å². The van der Waals surface area contributed by atoms with Gasteiger partial charge >= 0.3 is 0 Å². The summed E-state index contributed by atoms with van der Waals surface area (Å²) in [6.07, 6.45) is 0. The summed E-state index contributed by atoms with van der Waals surface area (Å²) in [5.74, 6) is 0.241. The van der Waals surface area contributed by atoms with Crippen molar-refractivity contribution in [3.63, 3.8) is 0 Å². The summed E-state index contributed by atoms with van der Waals surface area (Å²) in [5, 5.41) is 3.93. The van der Waals surface area contributed by atoms with Crippen LogP contribution in [0.25, 0.3) is 0 Å². The molecule has 2 aliphatic heterocycles. The van der Waals surface area contributed by atoms with E-state index in [9.17, 15) is 4.79 Å². The molecule has 0 unspecified atom stereocenters. The Morgan fingerprint density at radius 3 is 2.46 bits per heavy atom. The average molecular weight is 525 g/mol. The predicted molar refractivity (Wildman–Crippen MR) is 120 cm³/mol. The second-order valence-electron chi connectivity index (χ2n) is 7.29. The van der Waals surface area contributed by atoms with E-state index in [4.69, 9.17) is 17.0 Å². The van der Waals surface area contributed by atoms with Crippen molar-refractivity contribution in [3.05, 3.63) is 57.0 Å². The van der Waals surface area contributed by atoms with Crippen molar-refractivity contribution in [2.24, 2.45) is 5.92 Å². The van der Waals surface area contributed by atoms with Gasteiger partial charge < -0.3 is 15.0 Å². The molecule has 5 nitrogen and oxygen atoms in total. The molecule has 8 heteroatoms. The van der Waals surface area contributed by atoms with Crippen molar-refractivity contribution in [3.8, 4) is 5.75 Å². The highest BCUT2D eigenvalue weighted by Crippen LogP contribution is 2.50. The molecule has 28 heavy (non-hydrogen) atoms. The van der Waals surface area contributed by atoms with Crippen molar-refractivity contribution in [2.75, 3.05) is 19.0 Å². The number of hydrogen-bond acceptors (Lipinski definition) is 3. The van der Waals surface area contributed by atoms with Crippen LogP contribution in [0, 0.1) is 5.92 Å². The largest absolute Gasteiger partial charge is 0.467 e. The Kier molecular flexibility index (Phi) is 4.92. The van der Waals surface area contributed by atoms with Gasteiger partial charge in [-0.25, -0.2) is 0 Å². The van der Waals surface area contributed by atoms with Crippen LogP contribution in [-0.2, 0) is 4.79 Å². The van der Waals surface area contributed by atoms with Gasteiger partial charge in [0.25, 0.3) is 0 Å². The molecule has 0 radical (unpaired) electrons. The van der Waals surface area contributed by atoms with Crippen molar-refractivity contribution in [1.29, 1.82) is 0 Å². The SMILES string of the molecule is CN(C)C(=O)[C@H]1[C@H]2NC(=S)N(c3ccc(Br)cc3)[C@@]1(C)Oc1ccc(Br)cc12. The Hall–Kier alpha value is -1.64. The molecular formula is C20H19Br2N3O2S. The zero-order valence-electron chi connectivity index (χ0n) is 15.6. The number of hydrogen-bond donors (Lipinski definition) is 1. The van der Waals surface area contributed by atoms with E-state index in [0.29, 0.717) is 5.11 Å². The summed E-state index contributed by atoms with van der Waals surface area (Å²) in [7, 11) is 3.53. The lowest BCUT2D eigenvalue weighted by atomic mass is 9.78. The quantitative estimate of drug-likeness (QED) is 0.587. The lowest BCUT2D eigenvalue weighted by molar-refractivity contribution is -0.144. The van der Waals surface area contributed by atoms with Crippen LogP contribution < -0.4 is 15.0 Å². The number of rotatable bonds is 2. The van der Waals surface area contributed by atoms with Crippen LogP contribution in [0.15, 0.2) is 51.4 Å². The fourth-order valence-corrected chi connectivity index (χ4v) is 5.05. The highest BCUT2D eigenvalue weighted by molar-refractivity contribution is 9.10. The Morgan fingerprint density at radius 1 is 1.18 bits per heavy atom. The first-order valence-electron chi connectivity index (χ1n) is 8.78. The number of nitrogens with zero attached hydrogens (tertiary/aromatic N) is 2. The van der Waals surface area contributed by atoms with Gasteiger partial charge in [0.05, 0.1) is 6.04 Å². The van der Waals surface area contributed by atoms with Crippen molar-refractivity contribution >= 4 is 60.8 Å². The van der Waals surface area contributed by atoms with Gasteiger partial charge in [0.1, 0.15) is 11.7 Å². The van der Waals surface area contributed by atoms with Gasteiger partial charge in [0.2, 0.25) is 5.91 Å². The molecule has 3 atom stereocenters. The summed E-state index contributed by atoms with van der Waals surface area (Å²) < 4.78 is 8.41. The highest BCUT2D eigenvalue weighted by atomic mass is 79.9. The molecule has 2 aromatic carbocycles. The van der Waals surface area contributed by atoms with Crippen LogP contribution in [0.5, 0.6) is 5.75 Å². The summed E-state index contributed by atoms with van der Waals surface area (Å²) in [6.45, 7) is 1.94. The number of anilines is 1. The number of halogens is 2. The third kappa shape index (κ3) is 3.02. The van der Waals surface area contributed by atoms with E-state index in [1.54, 1.807) is 19.0 Å². The molecule has 146 valence electrons. The average Bonchev–Trinajstić information content (AvgIpc) is 2.63. The summed E-state index contributed by atoms with van der Waals surface area (Å²) in [4.78, 5) is 16.8. The second kappa shape index (κ2) is 7.00. The van der Waals surface area contributed by atoms with Gasteiger partial charge in [0, 0.05) is 34.3 Å². The van der Waals surface area contributed by atoms with Crippen LogP contribution in [-0.4, -0.2) is 35.7 Å². The Bertz CT molecular complexity index is 966. The van der Waals surface area contributed by atoms with E-state index in [1.165, 1.54) is 0 Å². The van der Waals surface area contributed by atoms with E-state index in [2.05, 4.69) is 37.2 Å². The van der Waals surface area contributed by atoms with E-state index < -0.39 is 11.6 Å². The zero-order valence-corrected chi connectivity index (χ0v) is 19.6. The zero-order chi connectivity index (χ0) is 20.2. The van der Waals surface area contributed by atoms with Crippen LogP contribution in [0.2, 0.25) is 0 Å². The first-order valence-corrected chi connectivity index (χ1v) is 10.8. The van der Waals surface area contributed by atoms with E-state index in [-0.39, 0.29) is 11.9 Å². The lowest BCUT2D eigenvalue weighted by Crippen LogP contribution is -2.72. The molecule has 0 aromatic heterocycles. The van der Waals surface area contributed by atoms with Crippen LogP contribution in [0.1, 0.15) is 18.5 Å². The van der Waals surface area contributed by atoms with E-state index in [1.807, 2.05) is 54.3 Å². The third-order valence-corrected chi connectivity index (χ3v) is 6.57. The summed E-state index contributed by atoms with van der Waals surface area (Å²) in [5.41, 5.74) is 0.812. The van der Waals surface area contributed by atoms with Gasteiger partial charge in [0.15, 0.2) is 10.8 Å². The standard InChI is InChI=1S/C20H19Br2N3O2S/c1-20-16(18(26)24(2)3)17(14-10-12(22)6-9-15(14)27-20)23-19(28)25(20)13-7-4-11(21)5-8-13/h4-10,16-17H,1-3H3,(H,23,28)/t16-,17+,20+/m1/s1. The van der Waals surface area contributed by atoms with Gasteiger partial charge in [-0.15, -0.1) is 0 Å². The number of ether oxygens (including phenoxy) is 1. The minimum absolute atomic E-state index is 0.0183. The van der Waals surface area contributed by atoms with Crippen LogP contribution >= 0.6 is 44.1 Å². The number of fused-ring (bicyclic) bond motifs is 4. The number of carbonyl (C=O) groups excluding carboxylic acids is 1. The summed E-state index contributed by atoms with van der Waals surface area (Å²) in [6, 6.07) is 13.4. The molecule has 4 rings (SSSR count). The number of amides is 1. The number of thiocarbonyl (C=S) groups is 1. The number of benzene rings is 2. The minimum atomic E-state index is -0.969. The predicted octanol–water partition coefficient (Wildman–Crippen LogP) is 4.46. The molecule has 2 bridgehead atoms. The smallest absolute Gasteiger partial charge is 0.233 e. The molecule has 1 N–H and O–H groups in total. The highest BCUT2D eigenvalue weighted by Gasteiger charge is 2.59. The second-order valence-corrected chi connectivity index (χ2v) is 9.51. The Morgan fingerprint density at radius 2 is 1.82 bits per heavy atom. The van der Waals surface area contributed by atoms with Crippen LogP contribution in [0.3, 0.4) is 0 Å².